The summed E-state index contributed by atoms with van der Waals surface area (Å²) in [5.74, 6) is 0.402. The fourth-order valence-electron chi connectivity index (χ4n) is 1.49. The third-order valence-corrected chi connectivity index (χ3v) is 2.40. The van der Waals surface area contributed by atoms with E-state index in [0.29, 0.717) is 12.3 Å². The molecule has 1 fully saturated rings. The Balaban J connectivity index is 2.51. The molecule has 3 nitrogen and oxygen atoms in total. The van der Waals surface area contributed by atoms with Crippen LogP contribution in [0.4, 0.5) is 0 Å². The second-order valence-electron chi connectivity index (χ2n) is 3.20. The van der Waals surface area contributed by atoms with Crippen molar-refractivity contribution in [2.75, 3.05) is 13.2 Å². The van der Waals surface area contributed by atoms with E-state index in [4.69, 9.17) is 15.1 Å². The molecule has 1 N–H and O–H groups in total. The van der Waals surface area contributed by atoms with Crippen LogP contribution in [0.15, 0.2) is 0 Å². The SMILES string of the molecule is CCC(C#N)(OCCO)C1CC1. The average Bonchev–Trinajstić information content (AvgIpc) is 2.91. The van der Waals surface area contributed by atoms with E-state index in [1.165, 1.54) is 0 Å². The highest BCUT2D eigenvalue weighted by Crippen LogP contribution is 2.43. The maximum Gasteiger partial charge on any atom is 0.156 e. The molecule has 0 aliphatic heterocycles. The number of ether oxygens (including phenoxy) is 1. The Kier molecular flexibility index (Phi) is 3.07. The van der Waals surface area contributed by atoms with Gasteiger partial charge in [-0.15, -0.1) is 0 Å². The molecular weight excluding hydrogens is 154 g/mol. The molecule has 0 heterocycles. The Hall–Kier alpha value is -0.590. The molecular formula is C9H15NO2. The minimum absolute atomic E-state index is 0.00382. The Labute approximate surface area is 73.0 Å². The zero-order chi connectivity index (χ0) is 9.03. The predicted molar refractivity (Wildman–Crippen MR) is 44.4 cm³/mol. The van der Waals surface area contributed by atoms with Crippen molar-refractivity contribution in [3.05, 3.63) is 0 Å². The summed E-state index contributed by atoms with van der Waals surface area (Å²) in [4.78, 5) is 0. The van der Waals surface area contributed by atoms with Gasteiger partial charge in [-0.25, -0.2) is 0 Å². The van der Waals surface area contributed by atoms with Gasteiger partial charge in [0.05, 0.1) is 19.3 Å². The van der Waals surface area contributed by atoms with Crippen LogP contribution in [0.2, 0.25) is 0 Å². The van der Waals surface area contributed by atoms with E-state index in [2.05, 4.69) is 6.07 Å². The average molecular weight is 169 g/mol. The largest absolute Gasteiger partial charge is 0.394 e. The second kappa shape index (κ2) is 3.88. The van der Waals surface area contributed by atoms with Crippen LogP contribution in [0, 0.1) is 17.2 Å². The zero-order valence-electron chi connectivity index (χ0n) is 7.42. The van der Waals surface area contributed by atoms with Crippen molar-refractivity contribution < 1.29 is 9.84 Å². The summed E-state index contributed by atoms with van der Waals surface area (Å²) in [6, 6.07) is 2.23. The van der Waals surface area contributed by atoms with Gasteiger partial charge in [0.1, 0.15) is 0 Å². The van der Waals surface area contributed by atoms with E-state index in [-0.39, 0.29) is 13.2 Å². The zero-order valence-corrected chi connectivity index (χ0v) is 7.42. The first-order chi connectivity index (χ1) is 5.79. The topological polar surface area (TPSA) is 53.2 Å². The Morgan fingerprint density at radius 3 is 2.67 bits per heavy atom. The summed E-state index contributed by atoms with van der Waals surface area (Å²) in [5.41, 5.74) is -0.608. The van der Waals surface area contributed by atoms with Crippen molar-refractivity contribution >= 4 is 0 Å². The van der Waals surface area contributed by atoms with Crippen LogP contribution in [0.3, 0.4) is 0 Å². The molecule has 0 saturated heterocycles. The highest BCUT2D eigenvalue weighted by Gasteiger charge is 2.45. The smallest absolute Gasteiger partial charge is 0.156 e. The lowest BCUT2D eigenvalue weighted by molar-refractivity contribution is -0.0361. The molecule has 12 heavy (non-hydrogen) atoms. The van der Waals surface area contributed by atoms with Gasteiger partial charge in [0.2, 0.25) is 0 Å². The molecule has 1 aliphatic carbocycles. The lowest BCUT2D eigenvalue weighted by Gasteiger charge is -2.24. The third-order valence-electron chi connectivity index (χ3n) is 2.40. The first kappa shape index (κ1) is 9.50. The van der Waals surface area contributed by atoms with Crippen molar-refractivity contribution in [1.29, 1.82) is 5.26 Å². The van der Waals surface area contributed by atoms with E-state index in [1.807, 2.05) is 6.92 Å². The van der Waals surface area contributed by atoms with Crippen molar-refractivity contribution in [3.63, 3.8) is 0 Å². The van der Waals surface area contributed by atoms with Crippen LogP contribution in [-0.4, -0.2) is 23.9 Å². The molecule has 3 heteroatoms. The highest BCUT2D eigenvalue weighted by molar-refractivity contribution is 5.10. The van der Waals surface area contributed by atoms with Crippen molar-refractivity contribution in [3.8, 4) is 6.07 Å². The van der Waals surface area contributed by atoms with Gasteiger partial charge < -0.3 is 9.84 Å². The quantitative estimate of drug-likeness (QED) is 0.670. The summed E-state index contributed by atoms with van der Waals surface area (Å²) in [6.07, 6.45) is 2.90. The van der Waals surface area contributed by atoms with Crippen molar-refractivity contribution in [2.24, 2.45) is 5.92 Å². The van der Waals surface area contributed by atoms with Crippen LogP contribution >= 0.6 is 0 Å². The van der Waals surface area contributed by atoms with Crippen molar-refractivity contribution in [1.82, 2.24) is 0 Å². The first-order valence-electron chi connectivity index (χ1n) is 4.45. The molecule has 1 aliphatic rings. The molecule has 1 rings (SSSR count). The molecule has 68 valence electrons. The van der Waals surface area contributed by atoms with E-state index < -0.39 is 5.60 Å². The van der Waals surface area contributed by atoms with E-state index in [1.54, 1.807) is 0 Å². The number of aliphatic hydroxyl groups excluding tert-OH is 1. The molecule has 0 spiro atoms. The van der Waals surface area contributed by atoms with Crippen LogP contribution < -0.4 is 0 Å². The van der Waals surface area contributed by atoms with Crippen LogP contribution in [0.25, 0.3) is 0 Å². The fraction of sp³-hybridized carbons (Fsp3) is 0.889. The minimum Gasteiger partial charge on any atom is -0.394 e. The Morgan fingerprint density at radius 2 is 2.33 bits per heavy atom. The lowest BCUT2D eigenvalue weighted by Crippen LogP contribution is -2.33. The van der Waals surface area contributed by atoms with Gasteiger partial charge in [0.25, 0.3) is 0 Å². The van der Waals surface area contributed by atoms with Crippen molar-refractivity contribution in [2.45, 2.75) is 31.8 Å². The molecule has 0 radical (unpaired) electrons. The number of rotatable bonds is 5. The fourth-order valence-corrected chi connectivity index (χ4v) is 1.49. The summed E-state index contributed by atoms with van der Waals surface area (Å²) >= 11 is 0. The van der Waals surface area contributed by atoms with Gasteiger partial charge in [-0.3, -0.25) is 0 Å². The Bertz CT molecular complexity index is 183. The van der Waals surface area contributed by atoms with E-state index in [9.17, 15) is 0 Å². The second-order valence-corrected chi connectivity index (χ2v) is 3.20. The third kappa shape index (κ3) is 1.77. The highest BCUT2D eigenvalue weighted by atomic mass is 16.5. The van der Waals surface area contributed by atoms with Gasteiger partial charge in [-0.1, -0.05) is 6.92 Å². The van der Waals surface area contributed by atoms with Gasteiger partial charge in [-0.05, 0) is 19.3 Å². The van der Waals surface area contributed by atoms with Gasteiger partial charge in [0, 0.05) is 5.92 Å². The maximum atomic E-state index is 8.96. The molecule has 0 aromatic rings. The lowest BCUT2D eigenvalue weighted by atomic mass is 9.96. The molecule has 0 aromatic heterocycles. The predicted octanol–water partition coefficient (Wildman–Crippen LogP) is 1.08. The minimum atomic E-state index is -0.608. The summed E-state index contributed by atoms with van der Waals surface area (Å²) in [5, 5.41) is 17.5. The molecule has 0 aromatic carbocycles. The van der Waals surface area contributed by atoms with Crippen LogP contribution in [0.5, 0.6) is 0 Å². The number of aliphatic hydroxyl groups is 1. The number of hydrogen-bond donors (Lipinski definition) is 1. The molecule has 0 bridgehead atoms. The molecule has 1 saturated carbocycles. The normalized spacial score (nSPS) is 21.4. The number of hydrogen-bond acceptors (Lipinski definition) is 3. The van der Waals surface area contributed by atoms with Crippen LogP contribution in [-0.2, 0) is 4.74 Å². The summed E-state index contributed by atoms with van der Waals surface area (Å²) in [7, 11) is 0. The van der Waals surface area contributed by atoms with E-state index >= 15 is 0 Å². The molecule has 0 amide bonds. The summed E-state index contributed by atoms with van der Waals surface area (Å²) in [6.45, 7) is 2.23. The number of nitrogens with zero attached hydrogens (tertiary/aromatic N) is 1. The van der Waals surface area contributed by atoms with Gasteiger partial charge in [0.15, 0.2) is 5.60 Å². The van der Waals surface area contributed by atoms with E-state index in [0.717, 1.165) is 12.8 Å². The molecule has 1 unspecified atom stereocenters. The maximum absolute atomic E-state index is 8.96. The van der Waals surface area contributed by atoms with Crippen LogP contribution in [0.1, 0.15) is 26.2 Å². The standard InChI is InChI=1S/C9H15NO2/c1-2-9(7-10,8-3-4-8)12-6-5-11/h8,11H,2-6H2,1H3. The van der Waals surface area contributed by atoms with Gasteiger partial charge in [-0.2, -0.15) is 5.26 Å². The van der Waals surface area contributed by atoms with Gasteiger partial charge >= 0.3 is 0 Å². The molecule has 1 atom stereocenters. The number of nitriles is 1. The Morgan fingerprint density at radius 1 is 1.67 bits per heavy atom. The summed E-state index contributed by atoms with van der Waals surface area (Å²) < 4.78 is 5.39. The first-order valence-corrected chi connectivity index (χ1v) is 4.45. The monoisotopic (exact) mass is 169 g/mol.